The van der Waals surface area contributed by atoms with Crippen LogP contribution < -0.4 is 9.80 Å². The van der Waals surface area contributed by atoms with Crippen LogP contribution in [0.3, 0.4) is 0 Å². The van der Waals surface area contributed by atoms with Crippen molar-refractivity contribution in [1.29, 1.82) is 0 Å². The number of nitrogens with zero attached hydrogens (tertiary/aromatic N) is 5. The molecule has 6 nitrogen and oxygen atoms in total. The number of carbonyl (C=O) groups is 1. The third-order valence-electron chi connectivity index (χ3n) is 7.26. The van der Waals surface area contributed by atoms with Gasteiger partial charge < -0.3 is 14.7 Å². The first kappa shape index (κ1) is 22.4. The van der Waals surface area contributed by atoms with Crippen molar-refractivity contribution in [1.82, 2.24) is 15.1 Å². The molecule has 1 amide bonds. The molecular formula is C28H33N5O. The fraction of sp³-hybridized carbons (Fsp3) is 0.393. The zero-order valence-corrected chi connectivity index (χ0v) is 20.2. The molecule has 0 spiro atoms. The number of rotatable bonds is 4. The SMILES string of the molecule is Cc1ccc(-c2ccc(N3CCC[C@H](C(=O)N4CCN(c5ccccc5)CC4)C3)nn2)cc1C. The Labute approximate surface area is 202 Å². The molecule has 3 heterocycles. The molecule has 2 aliphatic rings. The van der Waals surface area contributed by atoms with Gasteiger partial charge in [0.15, 0.2) is 5.82 Å². The molecule has 176 valence electrons. The van der Waals surface area contributed by atoms with Gasteiger partial charge in [-0.1, -0.05) is 30.3 Å². The Morgan fingerprint density at radius 1 is 0.824 bits per heavy atom. The van der Waals surface area contributed by atoms with E-state index in [0.717, 1.165) is 69.2 Å². The minimum Gasteiger partial charge on any atom is -0.368 e. The number of amides is 1. The smallest absolute Gasteiger partial charge is 0.227 e. The maximum Gasteiger partial charge on any atom is 0.227 e. The number of hydrogen-bond donors (Lipinski definition) is 0. The van der Waals surface area contributed by atoms with Crippen LogP contribution in [0, 0.1) is 19.8 Å². The van der Waals surface area contributed by atoms with E-state index in [1.165, 1.54) is 16.8 Å². The Hall–Kier alpha value is -3.41. The van der Waals surface area contributed by atoms with Gasteiger partial charge in [0.1, 0.15) is 0 Å². The Morgan fingerprint density at radius 3 is 2.32 bits per heavy atom. The third kappa shape index (κ3) is 4.76. The lowest BCUT2D eigenvalue weighted by Gasteiger charge is -2.40. The van der Waals surface area contributed by atoms with E-state index in [0.29, 0.717) is 0 Å². The van der Waals surface area contributed by atoms with Crippen molar-refractivity contribution in [2.45, 2.75) is 26.7 Å². The van der Waals surface area contributed by atoms with Gasteiger partial charge in [0.2, 0.25) is 5.91 Å². The van der Waals surface area contributed by atoms with E-state index in [1.54, 1.807) is 0 Å². The lowest BCUT2D eigenvalue weighted by Crippen LogP contribution is -2.52. The maximum atomic E-state index is 13.3. The lowest BCUT2D eigenvalue weighted by molar-refractivity contribution is -0.136. The highest BCUT2D eigenvalue weighted by molar-refractivity contribution is 5.80. The van der Waals surface area contributed by atoms with E-state index in [9.17, 15) is 4.79 Å². The quantitative estimate of drug-likeness (QED) is 0.586. The highest BCUT2D eigenvalue weighted by Crippen LogP contribution is 2.26. The summed E-state index contributed by atoms with van der Waals surface area (Å²) < 4.78 is 0. The molecule has 0 aliphatic carbocycles. The van der Waals surface area contributed by atoms with Gasteiger partial charge in [-0.3, -0.25) is 4.79 Å². The topological polar surface area (TPSA) is 52.6 Å². The van der Waals surface area contributed by atoms with Crippen LogP contribution in [0.2, 0.25) is 0 Å². The summed E-state index contributed by atoms with van der Waals surface area (Å²) >= 11 is 0. The van der Waals surface area contributed by atoms with Gasteiger partial charge in [-0.05, 0) is 68.1 Å². The largest absolute Gasteiger partial charge is 0.368 e. The normalized spacial score (nSPS) is 18.8. The number of hydrogen-bond acceptors (Lipinski definition) is 5. The number of aryl methyl sites for hydroxylation is 2. The van der Waals surface area contributed by atoms with Gasteiger partial charge in [-0.2, -0.15) is 0 Å². The van der Waals surface area contributed by atoms with Crippen LogP contribution in [0.4, 0.5) is 11.5 Å². The highest BCUT2D eigenvalue weighted by atomic mass is 16.2. The van der Waals surface area contributed by atoms with E-state index in [-0.39, 0.29) is 11.8 Å². The summed E-state index contributed by atoms with van der Waals surface area (Å²) in [7, 11) is 0. The summed E-state index contributed by atoms with van der Waals surface area (Å²) in [6.45, 7) is 9.22. The molecule has 34 heavy (non-hydrogen) atoms. The van der Waals surface area contributed by atoms with Gasteiger partial charge in [-0.25, -0.2) is 0 Å². The zero-order valence-electron chi connectivity index (χ0n) is 20.2. The monoisotopic (exact) mass is 455 g/mol. The summed E-state index contributed by atoms with van der Waals surface area (Å²) in [5, 5.41) is 9.02. The lowest BCUT2D eigenvalue weighted by atomic mass is 9.96. The Morgan fingerprint density at radius 2 is 1.62 bits per heavy atom. The molecule has 0 unspecified atom stereocenters. The van der Waals surface area contributed by atoms with E-state index < -0.39 is 0 Å². The Bertz CT molecular complexity index is 1120. The zero-order chi connectivity index (χ0) is 23.5. The summed E-state index contributed by atoms with van der Waals surface area (Å²) in [6, 6.07) is 20.9. The molecule has 0 radical (unpaired) electrons. The van der Waals surface area contributed by atoms with E-state index >= 15 is 0 Å². The molecule has 2 fully saturated rings. The second kappa shape index (κ2) is 9.84. The van der Waals surface area contributed by atoms with Crippen molar-refractivity contribution < 1.29 is 4.79 Å². The van der Waals surface area contributed by atoms with Crippen molar-refractivity contribution >= 4 is 17.4 Å². The molecule has 6 heteroatoms. The minimum absolute atomic E-state index is 0.0262. The molecule has 1 atom stereocenters. The molecule has 5 rings (SSSR count). The number of para-hydroxylation sites is 1. The van der Waals surface area contributed by atoms with Crippen LogP contribution in [0.15, 0.2) is 60.7 Å². The van der Waals surface area contributed by atoms with Gasteiger partial charge >= 0.3 is 0 Å². The number of carbonyl (C=O) groups excluding carboxylic acids is 1. The third-order valence-corrected chi connectivity index (χ3v) is 7.26. The van der Waals surface area contributed by atoms with E-state index in [2.05, 4.69) is 81.2 Å². The molecule has 0 bridgehead atoms. The molecule has 0 N–H and O–H groups in total. The molecule has 1 aromatic heterocycles. The van der Waals surface area contributed by atoms with E-state index in [4.69, 9.17) is 0 Å². The average molecular weight is 456 g/mol. The van der Waals surface area contributed by atoms with Gasteiger partial charge in [0, 0.05) is 50.5 Å². The van der Waals surface area contributed by atoms with Gasteiger partial charge in [0.25, 0.3) is 0 Å². The predicted molar refractivity (Wildman–Crippen MR) is 137 cm³/mol. The number of piperidine rings is 1. The maximum absolute atomic E-state index is 13.3. The molecule has 2 saturated heterocycles. The first-order valence-corrected chi connectivity index (χ1v) is 12.3. The molecule has 3 aromatic rings. The van der Waals surface area contributed by atoms with Crippen LogP contribution >= 0.6 is 0 Å². The standard InChI is InChI=1S/C28H33N5O/c1-21-10-11-23(19-22(21)2)26-12-13-27(30-29-26)33-14-6-7-24(20-33)28(34)32-17-15-31(16-18-32)25-8-4-3-5-9-25/h3-5,8-13,19,24H,6-7,14-18,20H2,1-2H3/t24-/m0/s1. The number of piperazine rings is 1. The van der Waals surface area contributed by atoms with Crippen molar-refractivity contribution in [3.8, 4) is 11.3 Å². The first-order chi connectivity index (χ1) is 16.6. The number of anilines is 2. The second-order valence-electron chi connectivity index (χ2n) is 9.51. The second-order valence-corrected chi connectivity index (χ2v) is 9.51. The molecule has 2 aliphatic heterocycles. The van der Waals surface area contributed by atoms with Crippen LogP contribution in [0.25, 0.3) is 11.3 Å². The van der Waals surface area contributed by atoms with Crippen LogP contribution in [0.5, 0.6) is 0 Å². The van der Waals surface area contributed by atoms with Crippen LogP contribution in [0.1, 0.15) is 24.0 Å². The van der Waals surface area contributed by atoms with Crippen molar-refractivity contribution in [3.63, 3.8) is 0 Å². The van der Waals surface area contributed by atoms with Crippen molar-refractivity contribution in [2.75, 3.05) is 49.1 Å². The highest BCUT2D eigenvalue weighted by Gasteiger charge is 2.31. The van der Waals surface area contributed by atoms with Crippen LogP contribution in [-0.2, 0) is 4.79 Å². The predicted octanol–water partition coefficient (Wildman–Crippen LogP) is 4.33. The fourth-order valence-electron chi connectivity index (χ4n) is 5.02. The average Bonchev–Trinajstić information content (AvgIpc) is 2.90. The Kier molecular flexibility index (Phi) is 6.48. The van der Waals surface area contributed by atoms with Crippen molar-refractivity contribution in [3.05, 3.63) is 71.8 Å². The minimum atomic E-state index is 0.0262. The first-order valence-electron chi connectivity index (χ1n) is 12.3. The summed E-state index contributed by atoms with van der Waals surface area (Å²) in [5.41, 5.74) is 5.74. The van der Waals surface area contributed by atoms with Crippen LogP contribution in [-0.4, -0.2) is 60.3 Å². The summed E-state index contributed by atoms with van der Waals surface area (Å²) in [5.74, 6) is 1.18. The number of aromatic nitrogens is 2. The summed E-state index contributed by atoms with van der Waals surface area (Å²) in [4.78, 5) is 20.0. The molecule has 2 aromatic carbocycles. The molecular weight excluding hydrogens is 422 g/mol. The fourth-order valence-corrected chi connectivity index (χ4v) is 5.02. The Balaban J connectivity index is 1.20. The summed E-state index contributed by atoms with van der Waals surface area (Å²) in [6.07, 6.45) is 1.95. The van der Waals surface area contributed by atoms with Crippen molar-refractivity contribution in [2.24, 2.45) is 5.92 Å². The van der Waals surface area contributed by atoms with Gasteiger partial charge in [-0.15, -0.1) is 10.2 Å². The molecule has 0 saturated carbocycles. The van der Waals surface area contributed by atoms with E-state index in [1.807, 2.05) is 18.2 Å². The van der Waals surface area contributed by atoms with Gasteiger partial charge in [0.05, 0.1) is 11.6 Å². The number of benzene rings is 2.